The number of aliphatic hydroxyl groups is 1. The summed E-state index contributed by atoms with van der Waals surface area (Å²) in [5, 5.41) is 8.76. The molecule has 74 valence electrons. The molecule has 9 heteroatoms. The summed E-state index contributed by atoms with van der Waals surface area (Å²) < 4.78 is 51.0. The van der Waals surface area contributed by atoms with Gasteiger partial charge in [0.1, 0.15) is 9.84 Å². The Hall–Kier alpha value is 0.417. The normalized spacial score (nSPS) is 14.7. The predicted octanol–water partition coefficient (Wildman–Crippen LogP) is -5.06. The number of sulfone groups is 1. The van der Waals surface area contributed by atoms with E-state index in [4.69, 9.17) is 5.11 Å². The second kappa shape index (κ2) is 5.34. The second-order valence-electron chi connectivity index (χ2n) is 2.47. The van der Waals surface area contributed by atoms with Crippen molar-refractivity contribution in [2.75, 3.05) is 17.8 Å². The molecule has 0 rings (SSSR count). The molecule has 0 aromatic heterocycles. The van der Waals surface area contributed by atoms with Gasteiger partial charge in [-0.1, -0.05) is 0 Å². The molecule has 0 fully saturated rings. The maximum atomic E-state index is 10.5. The summed E-state index contributed by atoms with van der Waals surface area (Å²) in [5.74, 6) is -1.78. The molecule has 0 aliphatic heterocycles. The predicted molar refractivity (Wildman–Crippen MR) is 40.3 cm³/mol. The molecular formula is C4H9LiO6S2. The summed E-state index contributed by atoms with van der Waals surface area (Å²) in [6, 6.07) is 0. The van der Waals surface area contributed by atoms with E-state index in [-0.39, 0.29) is 18.9 Å². The molecule has 0 amide bonds. The third-order valence-electron chi connectivity index (χ3n) is 0.892. The maximum absolute atomic E-state index is 10.5. The standard InChI is InChI=1S/C4H10O6S2.Li/c1-11(6,7)2-4(5)3-12(8,9)10;/h4-5H,2-3H2,1H3,(H,8,9,10);/q;+1/p-1. The smallest absolute Gasteiger partial charge is 0.748 e. The molecule has 13 heavy (non-hydrogen) atoms. The van der Waals surface area contributed by atoms with Crippen LogP contribution in [0.15, 0.2) is 0 Å². The first-order valence-electron chi connectivity index (χ1n) is 2.89. The summed E-state index contributed by atoms with van der Waals surface area (Å²) in [7, 11) is -8.01. The van der Waals surface area contributed by atoms with E-state index in [1.807, 2.05) is 0 Å². The van der Waals surface area contributed by atoms with Gasteiger partial charge >= 0.3 is 18.9 Å². The fourth-order valence-corrected chi connectivity index (χ4v) is 2.19. The van der Waals surface area contributed by atoms with Crippen LogP contribution in [0.25, 0.3) is 0 Å². The van der Waals surface area contributed by atoms with Crippen molar-refractivity contribution in [2.24, 2.45) is 0 Å². The number of hydrogen-bond acceptors (Lipinski definition) is 6. The van der Waals surface area contributed by atoms with Gasteiger partial charge in [0, 0.05) is 6.26 Å². The van der Waals surface area contributed by atoms with Gasteiger partial charge in [0.05, 0.1) is 27.7 Å². The van der Waals surface area contributed by atoms with Gasteiger partial charge in [0.2, 0.25) is 0 Å². The van der Waals surface area contributed by atoms with Crippen LogP contribution < -0.4 is 18.9 Å². The zero-order valence-corrected chi connectivity index (χ0v) is 8.93. The zero-order chi connectivity index (χ0) is 9.99. The number of hydrogen-bond donors (Lipinski definition) is 1. The zero-order valence-electron chi connectivity index (χ0n) is 7.30. The van der Waals surface area contributed by atoms with Gasteiger partial charge in [-0.25, -0.2) is 16.8 Å². The fourth-order valence-electron chi connectivity index (χ4n) is 0.633. The van der Waals surface area contributed by atoms with Crippen LogP contribution >= 0.6 is 0 Å². The Balaban J connectivity index is 0. The fraction of sp³-hybridized carbons (Fsp3) is 1.00. The molecule has 0 aliphatic rings. The maximum Gasteiger partial charge on any atom is 1.00 e. The summed E-state index contributed by atoms with van der Waals surface area (Å²) in [5.41, 5.74) is 0. The summed E-state index contributed by atoms with van der Waals surface area (Å²) in [4.78, 5) is 0. The van der Waals surface area contributed by atoms with Gasteiger partial charge < -0.3 is 9.66 Å². The second-order valence-corrected chi connectivity index (χ2v) is 6.10. The van der Waals surface area contributed by atoms with Crippen molar-refractivity contribution in [1.29, 1.82) is 0 Å². The Kier molecular flexibility index (Phi) is 6.51. The Morgan fingerprint density at radius 1 is 1.23 bits per heavy atom. The quantitative estimate of drug-likeness (QED) is 0.378. The van der Waals surface area contributed by atoms with Gasteiger partial charge in [0.15, 0.2) is 0 Å². The molecule has 0 heterocycles. The summed E-state index contributed by atoms with van der Waals surface area (Å²) in [6.45, 7) is 0. The first-order valence-corrected chi connectivity index (χ1v) is 6.53. The van der Waals surface area contributed by atoms with Crippen molar-refractivity contribution < 1.29 is 45.4 Å². The molecule has 0 aromatic rings. The van der Waals surface area contributed by atoms with Crippen molar-refractivity contribution >= 4 is 20.0 Å². The topological polar surface area (TPSA) is 112 Å². The molecule has 0 saturated heterocycles. The SMILES string of the molecule is CS(=O)(=O)CC(O)CS(=O)(=O)[O-].[Li+]. The van der Waals surface area contributed by atoms with Crippen LogP contribution in [-0.4, -0.2) is 50.4 Å². The molecule has 0 aliphatic carbocycles. The van der Waals surface area contributed by atoms with Crippen molar-refractivity contribution in [3.8, 4) is 0 Å². The van der Waals surface area contributed by atoms with Crippen LogP contribution in [0.5, 0.6) is 0 Å². The van der Waals surface area contributed by atoms with Crippen LogP contribution in [0.4, 0.5) is 0 Å². The summed E-state index contributed by atoms with van der Waals surface area (Å²) >= 11 is 0. The molecule has 1 unspecified atom stereocenters. The molecule has 6 nitrogen and oxygen atoms in total. The first kappa shape index (κ1) is 15.9. The average molecular weight is 224 g/mol. The van der Waals surface area contributed by atoms with Crippen LogP contribution in [0.2, 0.25) is 0 Å². The van der Waals surface area contributed by atoms with Crippen LogP contribution in [0.3, 0.4) is 0 Å². The average Bonchev–Trinajstić information content (AvgIpc) is 1.49. The van der Waals surface area contributed by atoms with E-state index in [0.29, 0.717) is 0 Å². The monoisotopic (exact) mass is 224 g/mol. The Morgan fingerprint density at radius 3 is 1.85 bits per heavy atom. The molecule has 1 atom stereocenters. The summed E-state index contributed by atoms with van der Waals surface area (Å²) in [6.07, 6.45) is -0.796. The van der Waals surface area contributed by atoms with E-state index in [2.05, 4.69) is 0 Å². The van der Waals surface area contributed by atoms with Crippen molar-refractivity contribution in [2.45, 2.75) is 6.10 Å². The van der Waals surface area contributed by atoms with E-state index < -0.39 is 37.6 Å². The van der Waals surface area contributed by atoms with Gasteiger partial charge in [-0.15, -0.1) is 0 Å². The molecular weight excluding hydrogens is 215 g/mol. The largest absolute Gasteiger partial charge is 1.00 e. The van der Waals surface area contributed by atoms with Gasteiger partial charge in [-0.2, -0.15) is 0 Å². The van der Waals surface area contributed by atoms with E-state index in [1.54, 1.807) is 0 Å². The molecule has 0 saturated carbocycles. The minimum absolute atomic E-state index is 0. The Labute approximate surface area is 89.2 Å². The van der Waals surface area contributed by atoms with Gasteiger partial charge in [-0.3, -0.25) is 0 Å². The molecule has 1 N–H and O–H groups in total. The third kappa shape index (κ3) is 12.4. The molecule has 0 radical (unpaired) electrons. The van der Waals surface area contributed by atoms with Crippen LogP contribution in [0.1, 0.15) is 0 Å². The Morgan fingerprint density at radius 2 is 1.62 bits per heavy atom. The Bertz CT molecular complexity index is 296. The molecule has 0 aromatic carbocycles. The first-order chi connectivity index (χ1) is 5.10. The van der Waals surface area contributed by atoms with Crippen molar-refractivity contribution in [1.82, 2.24) is 0 Å². The van der Waals surface area contributed by atoms with Crippen LogP contribution in [0, 0.1) is 0 Å². The number of rotatable bonds is 4. The van der Waals surface area contributed by atoms with Crippen LogP contribution in [-0.2, 0) is 20.0 Å². The van der Waals surface area contributed by atoms with Gasteiger partial charge in [0.25, 0.3) is 0 Å². The van der Waals surface area contributed by atoms with Gasteiger partial charge in [-0.05, 0) is 0 Å². The number of aliphatic hydroxyl groups excluding tert-OH is 1. The minimum Gasteiger partial charge on any atom is -0.748 e. The van der Waals surface area contributed by atoms with E-state index >= 15 is 0 Å². The molecule has 0 bridgehead atoms. The van der Waals surface area contributed by atoms with Crippen molar-refractivity contribution in [3.63, 3.8) is 0 Å². The minimum atomic E-state index is -4.56. The van der Waals surface area contributed by atoms with E-state index in [9.17, 15) is 21.4 Å². The molecule has 0 spiro atoms. The van der Waals surface area contributed by atoms with Crippen molar-refractivity contribution in [3.05, 3.63) is 0 Å². The van der Waals surface area contributed by atoms with E-state index in [1.165, 1.54) is 0 Å². The van der Waals surface area contributed by atoms with E-state index in [0.717, 1.165) is 6.26 Å². The third-order valence-corrected chi connectivity index (χ3v) is 2.67.